The molecule has 0 bridgehead atoms. The Kier molecular flexibility index (Phi) is 22.2. The Morgan fingerprint density at radius 2 is 1.01 bits per heavy atom. The second-order valence-corrected chi connectivity index (χ2v) is 25.8. The summed E-state index contributed by atoms with van der Waals surface area (Å²) in [6.45, 7) is 10.4. The number of unbranched alkanes of at least 4 members (excludes halogenated alkanes) is 1. The van der Waals surface area contributed by atoms with Crippen molar-refractivity contribution < 1.29 is 33.0 Å². The molecule has 25 nitrogen and oxygen atoms in total. The number of aryl methyl sites for hydroxylation is 3. The van der Waals surface area contributed by atoms with Gasteiger partial charge in [0.25, 0.3) is 0 Å². The third kappa shape index (κ3) is 17.5. The van der Waals surface area contributed by atoms with E-state index in [0.29, 0.717) is 24.7 Å². The Labute approximate surface area is 604 Å². The predicted octanol–water partition coefficient (Wildman–Crippen LogP) is 13.9. The summed E-state index contributed by atoms with van der Waals surface area (Å²) in [4.78, 5) is 50.0. The lowest BCUT2D eigenvalue weighted by Crippen LogP contribution is -2.35. The van der Waals surface area contributed by atoms with Gasteiger partial charge in [0.15, 0.2) is 5.76 Å². The zero-order valence-electron chi connectivity index (χ0n) is 60.2. The zero-order chi connectivity index (χ0) is 72.1. The summed E-state index contributed by atoms with van der Waals surface area (Å²) in [5, 5.41) is 19.9. The highest BCUT2D eigenvalue weighted by Crippen LogP contribution is 2.40. The molecule has 1 aliphatic carbocycles. The number of anilines is 6. The molecule has 1 aliphatic heterocycles. The van der Waals surface area contributed by atoms with E-state index in [1.54, 1.807) is 86.8 Å². The van der Waals surface area contributed by atoms with E-state index in [2.05, 4.69) is 91.5 Å². The molecule has 15 rings (SSSR count). The van der Waals surface area contributed by atoms with Crippen molar-refractivity contribution in [3.63, 3.8) is 0 Å². The SMILES string of the molecule is CCCCN(c1cc(OC)cc(OC)c1)c1ccc2ncc(-c3cnn(C)c3)nc2c1.COc1cc(OC)cc(N(CC2CC2)c2ccc3ncc(-c4cnn(CC(=O)NCCN5CCCC5)c4)nc3c2)c1.COc1cccc(N(Cc2cc(C)no2)c2ccc3ncc(-c4cnn(C)c4)nc3c2)c1. The summed E-state index contributed by atoms with van der Waals surface area (Å²) >= 11 is 0. The van der Waals surface area contributed by atoms with Crippen LogP contribution >= 0.6 is 0 Å². The fourth-order valence-electron chi connectivity index (χ4n) is 12.5. The highest BCUT2D eigenvalue weighted by molar-refractivity contribution is 5.86. The van der Waals surface area contributed by atoms with E-state index in [1.807, 2.05) is 137 Å². The van der Waals surface area contributed by atoms with Gasteiger partial charge in [0, 0.05) is 158 Å². The van der Waals surface area contributed by atoms with Crippen LogP contribution in [0.5, 0.6) is 28.7 Å². The number of aromatic nitrogens is 13. The molecule has 1 amide bonds. The van der Waals surface area contributed by atoms with Gasteiger partial charge in [-0.1, -0.05) is 24.6 Å². The first-order valence-electron chi connectivity index (χ1n) is 34.9. The van der Waals surface area contributed by atoms with Crippen LogP contribution in [-0.4, -0.2) is 150 Å². The maximum atomic E-state index is 12.4. The quantitative estimate of drug-likeness (QED) is 0.0529. The fourth-order valence-corrected chi connectivity index (χ4v) is 12.5. The van der Waals surface area contributed by atoms with Gasteiger partial charge < -0.3 is 53.1 Å². The van der Waals surface area contributed by atoms with Gasteiger partial charge in [-0.3, -0.25) is 33.8 Å². The van der Waals surface area contributed by atoms with Gasteiger partial charge in [0.1, 0.15) is 35.3 Å². The zero-order valence-corrected chi connectivity index (χ0v) is 60.2. The van der Waals surface area contributed by atoms with Gasteiger partial charge in [-0.25, -0.2) is 15.0 Å². The van der Waals surface area contributed by atoms with Gasteiger partial charge in [0.2, 0.25) is 5.91 Å². The molecule has 534 valence electrons. The van der Waals surface area contributed by atoms with Crippen LogP contribution in [0.25, 0.3) is 66.9 Å². The minimum atomic E-state index is -0.0435. The first-order chi connectivity index (χ1) is 50.8. The monoisotopic (exact) mass is 1400 g/mol. The topological polar surface area (TPSA) is 245 Å². The minimum Gasteiger partial charge on any atom is -0.497 e. The third-order valence-electron chi connectivity index (χ3n) is 18.2. The number of hydrogen-bond acceptors (Lipinski definition) is 21. The van der Waals surface area contributed by atoms with E-state index in [0.717, 1.165) is 181 Å². The average molecular weight is 1400 g/mol. The van der Waals surface area contributed by atoms with Crippen molar-refractivity contribution in [3.05, 3.63) is 189 Å². The van der Waals surface area contributed by atoms with Crippen molar-refractivity contribution in [2.75, 3.05) is 89.5 Å². The van der Waals surface area contributed by atoms with E-state index in [9.17, 15) is 4.79 Å². The Hall–Kier alpha value is -12.0. The summed E-state index contributed by atoms with van der Waals surface area (Å²) in [6, 6.07) is 40.2. The van der Waals surface area contributed by atoms with Crippen molar-refractivity contribution in [1.82, 2.24) is 74.6 Å². The van der Waals surface area contributed by atoms with Gasteiger partial charge in [0.05, 0.1) is 135 Å². The van der Waals surface area contributed by atoms with Crippen LogP contribution in [0.15, 0.2) is 182 Å². The Morgan fingerprint density at radius 3 is 1.49 bits per heavy atom. The van der Waals surface area contributed by atoms with Crippen molar-refractivity contribution >= 4 is 73.1 Å². The lowest BCUT2D eigenvalue weighted by atomic mass is 10.1. The highest BCUT2D eigenvalue weighted by Gasteiger charge is 2.27. The Bertz CT molecular complexity index is 5040. The number of likely N-dealkylation sites (tertiary alicyclic amines) is 1. The Morgan fingerprint density at radius 1 is 0.529 bits per heavy atom. The molecule has 2 aliphatic rings. The maximum Gasteiger partial charge on any atom is 0.241 e. The summed E-state index contributed by atoms with van der Waals surface area (Å²) in [7, 11) is 12.1. The van der Waals surface area contributed by atoms with Gasteiger partial charge in [-0.05, 0) is 125 Å². The van der Waals surface area contributed by atoms with Crippen LogP contribution in [0, 0.1) is 12.8 Å². The molecule has 25 heteroatoms. The summed E-state index contributed by atoms with van der Waals surface area (Å²) in [5.41, 5.74) is 16.8. The summed E-state index contributed by atoms with van der Waals surface area (Å²) in [6.07, 6.45) is 23.5. The number of benzene rings is 6. The fraction of sp³-hybridized carbons (Fsp3) is 0.304. The first kappa shape index (κ1) is 70.4. The second kappa shape index (κ2) is 32.8. The molecule has 104 heavy (non-hydrogen) atoms. The van der Waals surface area contributed by atoms with E-state index < -0.39 is 0 Å². The van der Waals surface area contributed by atoms with E-state index in [1.165, 1.54) is 25.7 Å². The lowest BCUT2D eigenvalue weighted by Gasteiger charge is -2.26. The van der Waals surface area contributed by atoms with Crippen molar-refractivity contribution in [1.29, 1.82) is 0 Å². The largest absolute Gasteiger partial charge is 0.497 e. The molecule has 0 atom stereocenters. The molecule has 1 N–H and O–H groups in total. The number of carbonyl (C=O) groups excluding carboxylic acids is 1. The van der Waals surface area contributed by atoms with Crippen LogP contribution < -0.4 is 43.7 Å². The van der Waals surface area contributed by atoms with Crippen molar-refractivity contribution in [2.45, 2.75) is 65.5 Å². The lowest BCUT2D eigenvalue weighted by molar-refractivity contribution is -0.121. The summed E-state index contributed by atoms with van der Waals surface area (Å²) in [5.74, 6) is 5.18. The van der Waals surface area contributed by atoms with Crippen LogP contribution in [0.2, 0.25) is 0 Å². The predicted molar refractivity (Wildman–Crippen MR) is 404 cm³/mol. The van der Waals surface area contributed by atoms with Crippen LogP contribution in [0.3, 0.4) is 0 Å². The van der Waals surface area contributed by atoms with E-state index in [-0.39, 0.29) is 12.5 Å². The van der Waals surface area contributed by atoms with Crippen LogP contribution in [-0.2, 0) is 32.0 Å². The second-order valence-electron chi connectivity index (χ2n) is 25.8. The smallest absolute Gasteiger partial charge is 0.241 e. The number of carbonyl (C=O) groups is 1. The van der Waals surface area contributed by atoms with Gasteiger partial charge >= 0.3 is 0 Å². The number of fused-ring (bicyclic) bond motifs is 3. The number of nitrogens with zero attached hydrogens (tertiary/aromatic N) is 17. The average Bonchev–Trinajstić information content (AvgIpc) is 1.14. The van der Waals surface area contributed by atoms with Crippen molar-refractivity contribution in [2.24, 2.45) is 20.0 Å². The molecule has 0 spiro atoms. The minimum absolute atomic E-state index is 0.0435. The normalized spacial score (nSPS) is 12.7. The number of rotatable bonds is 26. The number of hydrogen-bond donors (Lipinski definition) is 1. The molecule has 0 unspecified atom stereocenters. The molecular weight excluding hydrogens is 1310 g/mol. The maximum absolute atomic E-state index is 12.4. The summed E-state index contributed by atoms with van der Waals surface area (Å²) < 4.78 is 38.2. The molecular formula is C79H86N18O7. The van der Waals surface area contributed by atoms with E-state index in [4.69, 9.17) is 43.2 Å². The molecule has 1 saturated carbocycles. The number of nitrogens with one attached hydrogen (secondary N) is 1. The van der Waals surface area contributed by atoms with E-state index >= 15 is 0 Å². The van der Waals surface area contributed by atoms with Crippen molar-refractivity contribution in [3.8, 4) is 62.5 Å². The molecule has 13 aromatic rings. The Balaban J connectivity index is 0.000000141. The molecule has 7 aromatic heterocycles. The van der Waals surface area contributed by atoms with Gasteiger partial charge in [-0.2, -0.15) is 15.3 Å². The number of amides is 1. The standard InChI is InChI=1S/C31H37N7O3.C24H22N6O2.C24H27N5O2/c1-40-26-13-25(14-27(16-26)41-2)38(19-22-5-6-22)24-7-8-28-29(15-24)35-30(18-33-28)23-17-34-37(20-23)21-31(39)32-9-12-36-10-3-4-11-36;1-16-9-21(32-28-16)15-30(18-5-4-6-20(10-18)31-3)19-7-8-22-23(11-19)27-24(13-25-22)17-12-26-29(2)14-17;1-5-6-9-29(19-10-20(30-3)13-21(11-19)31-4)18-7-8-22-23(12-18)27-24(15-25-22)17-14-26-28(2)16-17/h7-8,13-18,20,22H,3-6,9-12,19,21H2,1-2H3,(H,32,39);4-14H,15H2,1-3H3;7-8,10-16H,5-6,9H2,1-4H3. The number of ether oxygens (including phenoxy) is 5. The van der Waals surface area contributed by atoms with Crippen LogP contribution in [0.1, 0.15) is 56.9 Å². The third-order valence-corrected chi connectivity index (χ3v) is 18.2. The molecule has 0 radical (unpaired) electrons. The molecule has 1 saturated heterocycles. The van der Waals surface area contributed by atoms with Crippen LogP contribution in [0.4, 0.5) is 34.1 Å². The van der Waals surface area contributed by atoms with Gasteiger partial charge in [-0.15, -0.1) is 0 Å². The molecule has 8 heterocycles. The number of methoxy groups -OCH3 is 5. The first-order valence-corrected chi connectivity index (χ1v) is 34.9. The molecule has 2 fully saturated rings. The highest BCUT2D eigenvalue weighted by atomic mass is 16.5. The molecule has 6 aromatic carbocycles.